The van der Waals surface area contributed by atoms with E-state index in [0.29, 0.717) is 23.0 Å². The Morgan fingerprint density at radius 3 is 2.75 bits per heavy atom. The fourth-order valence-corrected chi connectivity index (χ4v) is 2.91. The maximum Gasteiger partial charge on any atom is 0.251 e. The number of nitrogens with one attached hydrogen (secondary N) is 2. The summed E-state index contributed by atoms with van der Waals surface area (Å²) < 4.78 is 17.9. The number of aromatic nitrogens is 2. The molecule has 1 heterocycles. The monoisotopic (exact) mass is 351 g/mol. The van der Waals surface area contributed by atoms with Crippen molar-refractivity contribution in [2.24, 2.45) is 0 Å². The summed E-state index contributed by atoms with van der Waals surface area (Å²) in [5.74, 6) is -0.611. The lowest BCUT2D eigenvalue weighted by Crippen LogP contribution is -2.25. The summed E-state index contributed by atoms with van der Waals surface area (Å²) in [5.41, 5.74) is 0.709. The Morgan fingerprint density at radius 1 is 1.42 bits per heavy atom. The molecule has 0 saturated carbocycles. The van der Waals surface area contributed by atoms with Gasteiger partial charge >= 0.3 is 0 Å². The molecule has 2 aromatic rings. The van der Waals surface area contributed by atoms with Crippen molar-refractivity contribution < 1.29 is 13.9 Å². The Balaban J connectivity index is 2.09. The molecule has 0 spiro atoms. The van der Waals surface area contributed by atoms with Gasteiger partial charge in [0.25, 0.3) is 5.56 Å². The third-order valence-corrected chi connectivity index (χ3v) is 4.34. The van der Waals surface area contributed by atoms with Crippen LogP contribution in [0.25, 0.3) is 0 Å². The zero-order chi connectivity index (χ0) is 17.5. The van der Waals surface area contributed by atoms with Crippen LogP contribution >= 0.6 is 11.8 Å². The molecule has 128 valence electrons. The zero-order valence-electron chi connectivity index (χ0n) is 13.3. The molecular formula is C16H18FN3O3S. The fourth-order valence-electron chi connectivity index (χ4n) is 1.97. The summed E-state index contributed by atoms with van der Waals surface area (Å²) in [4.78, 5) is 30.9. The lowest BCUT2D eigenvalue weighted by molar-refractivity contribution is -0.115. The molecule has 2 N–H and O–H groups in total. The van der Waals surface area contributed by atoms with Crippen LogP contribution in [0.1, 0.15) is 19.0 Å². The first-order valence-electron chi connectivity index (χ1n) is 7.34. The molecule has 0 bridgehead atoms. The molecule has 8 heteroatoms. The second-order valence-electron chi connectivity index (χ2n) is 4.99. The maximum atomic E-state index is 12.9. The van der Waals surface area contributed by atoms with E-state index in [2.05, 4.69) is 15.3 Å². The molecule has 1 unspecified atom stereocenters. The molecule has 6 nitrogen and oxygen atoms in total. The minimum atomic E-state index is -0.448. The Labute approximate surface area is 142 Å². The summed E-state index contributed by atoms with van der Waals surface area (Å²) in [6.07, 6.45) is 0.538. The van der Waals surface area contributed by atoms with Crippen LogP contribution in [0.15, 0.2) is 40.3 Å². The highest BCUT2D eigenvalue weighted by Crippen LogP contribution is 2.23. The first kappa shape index (κ1) is 18.2. The molecule has 0 aliphatic heterocycles. The van der Waals surface area contributed by atoms with Gasteiger partial charge < -0.3 is 15.0 Å². The number of anilines is 1. The number of ether oxygens (including phenoxy) is 1. The van der Waals surface area contributed by atoms with Crippen LogP contribution in [0.4, 0.5) is 10.1 Å². The number of amides is 1. The van der Waals surface area contributed by atoms with Crippen molar-refractivity contribution in [3.8, 4) is 0 Å². The topological polar surface area (TPSA) is 84.1 Å². The Morgan fingerprint density at radius 2 is 2.12 bits per heavy atom. The van der Waals surface area contributed by atoms with Crippen LogP contribution in [-0.4, -0.2) is 28.2 Å². The molecule has 1 aromatic carbocycles. The molecule has 0 radical (unpaired) electrons. The predicted octanol–water partition coefficient (Wildman–Crippen LogP) is 2.56. The summed E-state index contributed by atoms with van der Waals surface area (Å²) in [5, 5.41) is 2.63. The number of carbonyl (C=O) groups is 1. The number of methoxy groups -OCH3 is 1. The van der Waals surface area contributed by atoms with E-state index in [0.717, 1.165) is 0 Å². The third-order valence-electron chi connectivity index (χ3n) is 3.09. The van der Waals surface area contributed by atoms with Crippen LogP contribution in [0.3, 0.4) is 0 Å². The van der Waals surface area contributed by atoms with Gasteiger partial charge in [0.1, 0.15) is 5.82 Å². The normalized spacial score (nSPS) is 12.0. The molecule has 1 amide bonds. The number of H-pyrrole nitrogens is 1. The lowest BCUT2D eigenvalue weighted by atomic mass is 10.2. The van der Waals surface area contributed by atoms with E-state index in [-0.39, 0.29) is 23.9 Å². The van der Waals surface area contributed by atoms with Crippen LogP contribution in [0, 0.1) is 5.82 Å². The van der Waals surface area contributed by atoms with Gasteiger partial charge in [0.2, 0.25) is 5.91 Å². The van der Waals surface area contributed by atoms with Crippen LogP contribution in [0.2, 0.25) is 0 Å². The first-order valence-corrected chi connectivity index (χ1v) is 8.22. The van der Waals surface area contributed by atoms with Crippen molar-refractivity contribution in [1.29, 1.82) is 0 Å². The molecule has 2 rings (SSSR count). The minimum Gasteiger partial charge on any atom is -0.378 e. The molecule has 1 aromatic heterocycles. The number of hydrogen-bond donors (Lipinski definition) is 2. The van der Waals surface area contributed by atoms with E-state index in [1.807, 2.05) is 6.92 Å². The quantitative estimate of drug-likeness (QED) is 0.592. The SMILES string of the molecule is CCC(Sc1nc(COC)cc(=O)[nH]1)C(=O)Nc1ccc(F)cc1. The molecule has 0 fully saturated rings. The summed E-state index contributed by atoms with van der Waals surface area (Å²) in [7, 11) is 1.51. The second-order valence-corrected chi connectivity index (χ2v) is 6.18. The Kier molecular flexibility index (Phi) is 6.51. The van der Waals surface area contributed by atoms with Gasteiger partial charge in [-0.15, -0.1) is 0 Å². The van der Waals surface area contributed by atoms with E-state index in [4.69, 9.17) is 4.74 Å². The number of benzene rings is 1. The maximum absolute atomic E-state index is 12.9. The predicted molar refractivity (Wildman–Crippen MR) is 90.5 cm³/mol. The number of aromatic amines is 1. The number of carbonyl (C=O) groups excluding carboxylic acids is 1. The van der Waals surface area contributed by atoms with E-state index in [1.165, 1.54) is 49.2 Å². The Bertz CT molecular complexity index is 749. The number of nitrogens with zero attached hydrogens (tertiary/aromatic N) is 1. The standard InChI is InChI=1S/C16H18FN3O3S/c1-3-13(15(22)18-11-6-4-10(17)5-7-11)24-16-19-12(9-23-2)8-14(21)20-16/h4-8,13H,3,9H2,1-2H3,(H,18,22)(H,19,20,21). The van der Waals surface area contributed by atoms with Crippen molar-refractivity contribution in [1.82, 2.24) is 9.97 Å². The highest BCUT2D eigenvalue weighted by molar-refractivity contribution is 8.00. The van der Waals surface area contributed by atoms with E-state index >= 15 is 0 Å². The van der Waals surface area contributed by atoms with Gasteiger partial charge in [0.15, 0.2) is 5.16 Å². The van der Waals surface area contributed by atoms with Crippen molar-refractivity contribution >= 4 is 23.4 Å². The highest BCUT2D eigenvalue weighted by Gasteiger charge is 2.19. The number of hydrogen-bond acceptors (Lipinski definition) is 5. The molecule has 0 saturated heterocycles. The van der Waals surface area contributed by atoms with Gasteiger partial charge in [0.05, 0.1) is 17.6 Å². The van der Waals surface area contributed by atoms with Gasteiger partial charge in [-0.2, -0.15) is 0 Å². The molecule has 0 aliphatic carbocycles. The molecular weight excluding hydrogens is 333 g/mol. The van der Waals surface area contributed by atoms with Crippen molar-refractivity contribution in [2.45, 2.75) is 30.4 Å². The summed E-state index contributed by atoms with van der Waals surface area (Å²) in [6.45, 7) is 2.08. The highest BCUT2D eigenvalue weighted by atomic mass is 32.2. The summed E-state index contributed by atoms with van der Waals surface area (Å²) in [6, 6.07) is 6.88. The van der Waals surface area contributed by atoms with Crippen molar-refractivity contribution in [3.05, 3.63) is 52.2 Å². The molecule has 1 atom stereocenters. The van der Waals surface area contributed by atoms with Crippen LogP contribution in [0.5, 0.6) is 0 Å². The number of thioether (sulfide) groups is 1. The Hall–Kier alpha value is -2.19. The summed E-state index contributed by atoms with van der Waals surface area (Å²) >= 11 is 1.17. The van der Waals surface area contributed by atoms with Crippen LogP contribution < -0.4 is 10.9 Å². The largest absolute Gasteiger partial charge is 0.378 e. The average molecular weight is 351 g/mol. The zero-order valence-corrected chi connectivity index (χ0v) is 14.2. The number of halogens is 1. The van der Waals surface area contributed by atoms with Gasteiger partial charge in [-0.1, -0.05) is 18.7 Å². The van der Waals surface area contributed by atoms with Crippen molar-refractivity contribution in [2.75, 3.05) is 12.4 Å². The van der Waals surface area contributed by atoms with Gasteiger partial charge in [-0.3, -0.25) is 9.59 Å². The van der Waals surface area contributed by atoms with E-state index in [9.17, 15) is 14.0 Å². The van der Waals surface area contributed by atoms with Gasteiger partial charge in [-0.25, -0.2) is 9.37 Å². The van der Waals surface area contributed by atoms with Crippen molar-refractivity contribution in [3.63, 3.8) is 0 Å². The second kappa shape index (κ2) is 8.60. The minimum absolute atomic E-state index is 0.218. The molecule has 0 aliphatic rings. The average Bonchev–Trinajstić information content (AvgIpc) is 2.54. The van der Waals surface area contributed by atoms with Gasteiger partial charge in [0, 0.05) is 18.9 Å². The van der Waals surface area contributed by atoms with E-state index in [1.54, 1.807) is 0 Å². The number of rotatable bonds is 7. The third kappa shape index (κ3) is 5.17. The first-order chi connectivity index (χ1) is 11.5. The smallest absolute Gasteiger partial charge is 0.251 e. The molecule has 24 heavy (non-hydrogen) atoms. The van der Waals surface area contributed by atoms with E-state index < -0.39 is 5.25 Å². The van der Waals surface area contributed by atoms with Gasteiger partial charge in [-0.05, 0) is 30.7 Å². The fraction of sp³-hybridized carbons (Fsp3) is 0.312. The van der Waals surface area contributed by atoms with Crippen LogP contribution in [-0.2, 0) is 16.1 Å². The lowest BCUT2D eigenvalue weighted by Gasteiger charge is -2.14.